The Morgan fingerprint density at radius 2 is 1.78 bits per heavy atom. The number of benzene rings is 1. The van der Waals surface area contributed by atoms with Crippen molar-refractivity contribution in [2.45, 2.75) is 0 Å². The molecule has 1 aromatic carbocycles. The largest absolute Gasteiger partial charge is 0.491 e. The number of aromatic nitrogens is 1. The second-order valence-corrected chi connectivity index (χ2v) is 3.48. The number of pyridine rings is 1. The van der Waals surface area contributed by atoms with Crippen LogP contribution in [0.3, 0.4) is 0 Å². The third-order valence-electron chi connectivity index (χ3n) is 2.19. The molecule has 18 heavy (non-hydrogen) atoms. The Kier molecular flexibility index (Phi) is 3.54. The second-order valence-electron chi connectivity index (χ2n) is 3.48. The van der Waals surface area contributed by atoms with E-state index in [4.69, 9.17) is 14.8 Å². The van der Waals surface area contributed by atoms with Crippen molar-refractivity contribution in [2.75, 3.05) is 0 Å². The molecular formula is C11H8BF2NO3. The van der Waals surface area contributed by atoms with E-state index in [0.29, 0.717) is 0 Å². The van der Waals surface area contributed by atoms with Crippen LogP contribution in [0, 0.1) is 11.8 Å². The van der Waals surface area contributed by atoms with Gasteiger partial charge in [-0.3, -0.25) is 0 Å². The zero-order valence-corrected chi connectivity index (χ0v) is 9.05. The molecule has 0 saturated carbocycles. The van der Waals surface area contributed by atoms with Crippen LogP contribution in [0.5, 0.6) is 11.5 Å². The highest BCUT2D eigenvalue weighted by Crippen LogP contribution is 2.20. The maximum absolute atomic E-state index is 13.4. The van der Waals surface area contributed by atoms with Crippen molar-refractivity contribution in [3.63, 3.8) is 0 Å². The summed E-state index contributed by atoms with van der Waals surface area (Å²) in [4.78, 5) is 3.38. The molecule has 4 nitrogen and oxygen atoms in total. The predicted octanol–water partition coefficient (Wildman–Crippen LogP) is 0.832. The number of halogens is 2. The first-order chi connectivity index (χ1) is 8.56. The first-order valence-corrected chi connectivity index (χ1v) is 5.01. The van der Waals surface area contributed by atoms with Crippen LogP contribution in [0.15, 0.2) is 36.5 Å². The quantitative estimate of drug-likeness (QED) is 0.626. The molecule has 0 amide bonds. The molecule has 2 rings (SSSR count). The average Bonchev–Trinajstić information content (AvgIpc) is 2.32. The second kappa shape index (κ2) is 5.11. The van der Waals surface area contributed by atoms with Crippen LogP contribution in [-0.2, 0) is 0 Å². The molecule has 0 aliphatic carbocycles. The highest BCUT2D eigenvalue weighted by atomic mass is 19.1. The Hall–Kier alpha value is -1.99. The van der Waals surface area contributed by atoms with Crippen molar-refractivity contribution in [3.05, 3.63) is 48.3 Å². The molecule has 0 spiro atoms. The molecule has 0 atom stereocenters. The monoisotopic (exact) mass is 251 g/mol. The van der Waals surface area contributed by atoms with E-state index in [0.717, 1.165) is 18.3 Å². The van der Waals surface area contributed by atoms with Gasteiger partial charge in [0.05, 0.1) is 6.20 Å². The highest BCUT2D eigenvalue weighted by molar-refractivity contribution is 6.58. The maximum atomic E-state index is 13.4. The Bertz CT molecular complexity index is 548. The summed E-state index contributed by atoms with van der Waals surface area (Å²) >= 11 is 0. The Labute approximate surface area is 102 Å². The van der Waals surface area contributed by atoms with Gasteiger partial charge in [-0.05, 0) is 18.2 Å². The number of hydrogen-bond donors (Lipinski definition) is 2. The third kappa shape index (κ3) is 2.82. The van der Waals surface area contributed by atoms with Crippen molar-refractivity contribution >= 4 is 12.6 Å². The van der Waals surface area contributed by atoms with Crippen LogP contribution in [0.25, 0.3) is 0 Å². The molecule has 2 aromatic rings. The molecule has 0 bridgehead atoms. The summed E-state index contributed by atoms with van der Waals surface area (Å²) in [6.07, 6.45) is 1.15. The van der Waals surface area contributed by atoms with E-state index in [1.54, 1.807) is 0 Å². The topological polar surface area (TPSA) is 62.6 Å². The van der Waals surface area contributed by atoms with Gasteiger partial charge in [-0.15, -0.1) is 0 Å². The van der Waals surface area contributed by atoms with Crippen LogP contribution < -0.4 is 10.2 Å². The van der Waals surface area contributed by atoms with E-state index in [-0.39, 0.29) is 17.0 Å². The summed E-state index contributed by atoms with van der Waals surface area (Å²) < 4.78 is 31.2. The molecule has 2 N–H and O–H groups in total. The standard InChI is InChI=1S/C11H8BF2NO3/c13-10-5-7(1-3-9(10)12(16)17)18-8-2-4-11(14)15-6-8/h1-6,16-17H. The van der Waals surface area contributed by atoms with Crippen molar-refractivity contribution < 1.29 is 23.6 Å². The fraction of sp³-hybridized carbons (Fsp3) is 0. The lowest BCUT2D eigenvalue weighted by Gasteiger charge is -2.07. The summed E-state index contributed by atoms with van der Waals surface area (Å²) in [5, 5.41) is 17.7. The molecule has 1 heterocycles. The number of rotatable bonds is 3. The maximum Gasteiger partial charge on any atom is 0.491 e. The van der Waals surface area contributed by atoms with Gasteiger partial charge in [0, 0.05) is 11.5 Å². The number of ether oxygens (including phenoxy) is 1. The van der Waals surface area contributed by atoms with Gasteiger partial charge < -0.3 is 14.8 Å². The van der Waals surface area contributed by atoms with Crippen LogP contribution >= 0.6 is 0 Å². The summed E-state index contributed by atoms with van der Waals surface area (Å²) in [7, 11) is -1.88. The van der Waals surface area contributed by atoms with Crippen LogP contribution in [-0.4, -0.2) is 22.2 Å². The van der Waals surface area contributed by atoms with Gasteiger partial charge in [-0.2, -0.15) is 4.39 Å². The van der Waals surface area contributed by atoms with E-state index in [9.17, 15) is 8.78 Å². The molecule has 7 heteroatoms. The average molecular weight is 251 g/mol. The van der Waals surface area contributed by atoms with Crippen molar-refractivity contribution in [2.24, 2.45) is 0 Å². The van der Waals surface area contributed by atoms with Crippen LogP contribution in [0.1, 0.15) is 0 Å². The molecule has 0 aliphatic heterocycles. The Balaban J connectivity index is 2.20. The van der Waals surface area contributed by atoms with Crippen LogP contribution in [0.2, 0.25) is 0 Å². The summed E-state index contributed by atoms with van der Waals surface area (Å²) in [5.41, 5.74) is -0.250. The van der Waals surface area contributed by atoms with Gasteiger partial charge in [0.1, 0.15) is 17.3 Å². The van der Waals surface area contributed by atoms with Crippen LogP contribution in [0.4, 0.5) is 8.78 Å². The van der Waals surface area contributed by atoms with Crippen molar-refractivity contribution in [1.82, 2.24) is 4.98 Å². The lowest BCUT2D eigenvalue weighted by Crippen LogP contribution is -2.32. The Morgan fingerprint density at radius 3 is 2.33 bits per heavy atom. The zero-order chi connectivity index (χ0) is 13.1. The van der Waals surface area contributed by atoms with Crippen molar-refractivity contribution in [1.29, 1.82) is 0 Å². The van der Waals surface area contributed by atoms with E-state index in [1.165, 1.54) is 18.2 Å². The van der Waals surface area contributed by atoms with E-state index in [1.807, 2.05) is 0 Å². The lowest BCUT2D eigenvalue weighted by molar-refractivity contribution is 0.422. The van der Waals surface area contributed by atoms with E-state index >= 15 is 0 Å². The lowest BCUT2D eigenvalue weighted by atomic mass is 9.80. The third-order valence-corrected chi connectivity index (χ3v) is 2.19. The first-order valence-electron chi connectivity index (χ1n) is 5.01. The molecule has 0 unspecified atom stereocenters. The minimum absolute atomic E-state index is 0.144. The predicted molar refractivity (Wildman–Crippen MR) is 60.5 cm³/mol. The number of hydrogen-bond acceptors (Lipinski definition) is 4. The van der Waals surface area contributed by atoms with E-state index < -0.39 is 18.9 Å². The minimum Gasteiger partial charge on any atom is -0.456 e. The van der Waals surface area contributed by atoms with Gasteiger partial charge in [0.15, 0.2) is 0 Å². The first kappa shape index (κ1) is 12.5. The minimum atomic E-state index is -1.88. The molecule has 0 saturated heterocycles. The molecule has 0 radical (unpaired) electrons. The zero-order valence-electron chi connectivity index (χ0n) is 9.05. The fourth-order valence-corrected chi connectivity index (χ4v) is 1.34. The molecular weight excluding hydrogens is 243 g/mol. The van der Waals surface area contributed by atoms with E-state index in [2.05, 4.69) is 4.98 Å². The molecule has 0 aliphatic rings. The Morgan fingerprint density at radius 1 is 1.06 bits per heavy atom. The van der Waals surface area contributed by atoms with Gasteiger partial charge in [-0.25, -0.2) is 9.37 Å². The molecule has 0 fully saturated rings. The van der Waals surface area contributed by atoms with Gasteiger partial charge in [0.25, 0.3) is 0 Å². The SMILES string of the molecule is OB(O)c1ccc(Oc2ccc(F)nc2)cc1F. The highest BCUT2D eigenvalue weighted by Gasteiger charge is 2.16. The molecule has 1 aromatic heterocycles. The number of nitrogens with zero attached hydrogens (tertiary/aromatic N) is 1. The smallest absolute Gasteiger partial charge is 0.456 e. The fourth-order valence-electron chi connectivity index (χ4n) is 1.34. The van der Waals surface area contributed by atoms with Gasteiger partial charge in [0.2, 0.25) is 5.95 Å². The van der Waals surface area contributed by atoms with Gasteiger partial charge >= 0.3 is 7.12 Å². The van der Waals surface area contributed by atoms with Crippen molar-refractivity contribution in [3.8, 4) is 11.5 Å². The summed E-state index contributed by atoms with van der Waals surface area (Å²) in [5.74, 6) is -1.07. The van der Waals surface area contributed by atoms with Gasteiger partial charge in [-0.1, -0.05) is 6.07 Å². The molecule has 92 valence electrons. The normalized spacial score (nSPS) is 10.2. The summed E-state index contributed by atoms with van der Waals surface area (Å²) in [6, 6.07) is 6.00. The summed E-state index contributed by atoms with van der Waals surface area (Å²) in [6.45, 7) is 0.